The molecule has 5 heteroatoms. The van der Waals surface area contributed by atoms with Crippen molar-refractivity contribution >= 4 is 11.6 Å². The molecule has 0 saturated heterocycles. The van der Waals surface area contributed by atoms with Gasteiger partial charge in [0.2, 0.25) is 0 Å². The molecule has 1 amide bonds. The van der Waals surface area contributed by atoms with E-state index in [0.717, 1.165) is 25.7 Å². The fraction of sp³-hybridized carbons (Fsp3) is 0.667. The summed E-state index contributed by atoms with van der Waals surface area (Å²) in [7, 11) is 1.78. The van der Waals surface area contributed by atoms with Crippen molar-refractivity contribution in [1.82, 2.24) is 9.88 Å². The minimum absolute atomic E-state index is 0.192. The summed E-state index contributed by atoms with van der Waals surface area (Å²) in [6, 6.07) is 1.64. The fourth-order valence-electron chi connectivity index (χ4n) is 2.72. The van der Waals surface area contributed by atoms with Crippen LogP contribution in [0.1, 0.15) is 50.0 Å². The van der Waals surface area contributed by atoms with Crippen molar-refractivity contribution in [2.45, 2.75) is 45.1 Å². The Hall–Kier alpha value is -1.49. The third-order valence-electron chi connectivity index (χ3n) is 4.37. The molecule has 0 radical (unpaired) electrons. The zero-order chi connectivity index (χ0) is 15.0. The lowest BCUT2D eigenvalue weighted by Gasteiger charge is -2.40. The van der Waals surface area contributed by atoms with Gasteiger partial charge in [0.1, 0.15) is 5.69 Å². The summed E-state index contributed by atoms with van der Waals surface area (Å²) >= 11 is 0. The quantitative estimate of drug-likeness (QED) is 0.787. The molecule has 0 aliphatic heterocycles. The number of hydrogen-bond acceptors (Lipinski definition) is 3. The number of aromatic nitrogens is 1. The molecule has 0 aromatic carbocycles. The highest BCUT2D eigenvalue weighted by Crippen LogP contribution is 2.39. The van der Waals surface area contributed by atoms with Gasteiger partial charge < -0.3 is 20.7 Å². The van der Waals surface area contributed by atoms with Gasteiger partial charge in [-0.1, -0.05) is 13.8 Å². The smallest absolute Gasteiger partial charge is 0.268 e. The topological polar surface area (TPSA) is 80.3 Å². The number of amides is 1. The predicted octanol–water partition coefficient (Wildman–Crippen LogP) is 1.67. The van der Waals surface area contributed by atoms with Gasteiger partial charge in [-0.05, 0) is 37.2 Å². The highest BCUT2D eigenvalue weighted by molar-refractivity contribution is 5.93. The lowest BCUT2D eigenvalue weighted by atomic mass is 9.71. The molecule has 0 atom stereocenters. The van der Waals surface area contributed by atoms with E-state index in [4.69, 9.17) is 5.73 Å². The van der Waals surface area contributed by atoms with E-state index in [1.807, 2.05) is 0 Å². The highest BCUT2D eigenvalue weighted by atomic mass is 16.3. The van der Waals surface area contributed by atoms with Crippen LogP contribution in [0.5, 0.6) is 0 Å². The van der Waals surface area contributed by atoms with Crippen LogP contribution in [0.25, 0.3) is 0 Å². The number of aliphatic hydroxyl groups is 1. The summed E-state index contributed by atoms with van der Waals surface area (Å²) in [6.45, 7) is 4.74. The van der Waals surface area contributed by atoms with Crippen LogP contribution in [0.15, 0.2) is 12.3 Å². The molecule has 1 aliphatic carbocycles. The number of carbonyl (C=O) groups is 1. The fourth-order valence-corrected chi connectivity index (χ4v) is 2.72. The van der Waals surface area contributed by atoms with E-state index < -0.39 is 5.60 Å². The average Bonchev–Trinajstić information content (AvgIpc) is 2.70. The molecule has 1 aromatic heterocycles. The molecule has 0 spiro atoms. The maximum absolute atomic E-state index is 12.1. The maximum atomic E-state index is 12.1. The molecule has 4 N–H and O–H groups in total. The molecule has 2 rings (SSSR count). The summed E-state index contributed by atoms with van der Waals surface area (Å²) < 4.78 is 1.69. The van der Waals surface area contributed by atoms with E-state index in [1.165, 1.54) is 0 Å². The summed E-state index contributed by atoms with van der Waals surface area (Å²) in [4.78, 5) is 12.1. The lowest BCUT2D eigenvalue weighted by Crippen LogP contribution is -2.46. The number of nitrogens with zero attached hydrogens (tertiary/aromatic N) is 1. The number of nitrogens with one attached hydrogen (secondary N) is 1. The van der Waals surface area contributed by atoms with Gasteiger partial charge >= 0.3 is 0 Å². The molecule has 112 valence electrons. The molecule has 0 unspecified atom stereocenters. The summed E-state index contributed by atoms with van der Waals surface area (Å²) in [5.74, 6) is -0.192. The number of hydrogen-bond donors (Lipinski definition) is 3. The Bertz CT molecular complexity index is 495. The van der Waals surface area contributed by atoms with Gasteiger partial charge in [-0.15, -0.1) is 0 Å². The summed E-state index contributed by atoms with van der Waals surface area (Å²) in [5.41, 5.74) is 6.26. The van der Waals surface area contributed by atoms with Crippen molar-refractivity contribution in [3.63, 3.8) is 0 Å². The van der Waals surface area contributed by atoms with E-state index in [1.54, 1.807) is 23.9 Å². The Kier molecular flexibility index (Phi) is 3.82. The molecular formula is C15H25N3O2. The van der Waals surface area contributed by atoms with Crippen LogP contribution in [0, 0.1) is 5.41 Å². The molecule has 1 aliphatic rings. The first-order chi connectivity index (χ1) is 9.21. The van der Waals surface area contributed by atoms with Crippen molar-refractivity contribution in [3.8, 4) is 0 Å². The van der Waals surface area contributed by atoms with Gasteiger partial charge in [0.25, 0.3) is 5.91 Å². The minimum atomic E-state index is -0.776. The van der Waals surface area contributed by atoms with E-state index in [0.29, 0.717) is 23.3 Å². The zero-order valence-electron chi connectivity index (χ0n) is 12.6. The number of anilines is 1. The number of carbonyl (C=O) groups excluding carboxylic acids is 1. The first kappa shape index (κ1) is 14.9. The second-order valence-electron chi connectivity index (χ2n) is 6.84. The van der Waals surface area contributed by atoms with E-state index in [2.05, 4.69) is 19.2 Å². The molecule has 1 fully saturated rings. The van der Waals surface area contributed by atoms with Gasteiger partial charge in [-0.3, -0.25) is 4.79 Å². The Morgan fingerprint density at radius 3 is 2.50 bits per heavy atom. The Balaban J connectivity index is 1.92. The van der Waals surface area contributed by atoms with Crippen molar-refractivity contribution in [1.29, 1.82) is 0 Å². The average molecular weight is 279 g/mol. The second-order valence-corrected chi connectivity index (χ2v) is 6.84. The summed E-state index contributed by atoms with van der Waals surface area (Å²) in [6.07, 6.45) is 5.13. The molecule has 1 heterocycles. The predicted molar refractivity (Wildman–Crippen MR) is 79.4 cm³/mol. The van der Waals surface area contributed by atoms with Crippen LogP contribution in [-0.4, -0.2) is 27.7 Å². The van der Waals surface area contributed by atoms with Crippen molar-refractivity contribution in [2.75, 3.05) is 12.3 Å². The number of aryl methyl sites for hydroxylation is 1. The Morgan fingerprint density at radius 1 is 1.40 bits per heavy atom. The normalized spacial score (nSPS) is 20.6. The van der Waals surface area contributed by atoms with Gasteiger partial charge in [0.15, 0.2) is 0 Å². The first-order valence-corrected chi connectivity index (χ1v) is 7.13. The van der Waals surface area contributed by atoms with Gasteiger partial charge in [0, 0.05) is 19.8 Å². The van der Waals surface area contributed by atoms with Crippen molar-refractivity contribution in [3.05, 3.63) is 18.0 Å². The summed E-state index contributed by atoms with van der Waals surface area (Å²) in [5, 5.41) is 13.4. The third-order valence-corrected chi connectivity index (χ3v) is 4.37. The Morgan fingerprint density at radius 2 is 2.00 bits per heavy atom. The largest absolute Gasteiger partial charge is 0.397 e. The Labute approximate surface area is 120 Å². The van der Waals surface area contributed by atoms with E-state index in [-0.39, 0.29) is 5.91 Å². The van der Waals surface area contributed by atoms with Crippen LogP contribution in [0.3, 0.4) is 0 Å². The second kappa shape index (κ2) is 5.13. The highest BCUT2D eigenvalue weighted by Gasteiger charge is 2.36. The van der Waals surface area contributed by atoms with Crippen LogP contribution < -0.4 is 11.1 Å². The number of nitrogens with two attached hydrogens (primary N) is 1. The first-order valence-electron chi connectivity index (χ1n) is 7.13. The molecular weight excluding hydrogens is 254 g/mol. The van der Waals surface area contributed by atoms with E-state index in [9.17, 15) is 9.90 Å². The van der Waals surface area contributed by atoms with Crippen molar-refractivity contribution < 1.29 is 9.90 Å². The maximum Gasteiger partial charge on any atom is 0.268 e. The number of rotatable bonds is 3. The molecule has 1 aromatic rings. The lowest BCUT2D eigenvalue weighted by molar-refractivity contribution is -0.0233. The minimum Gasteiger partial charge on any atom is -0.397 e. The molecule has 1 saturated carbocycles. The van der Waals surface area contributed by atoms with E-state index >= 15 is 0 Å². The molecule has 5 nitrogen and oxygen atoms in total. The van der Waals surface area contributed by atoms with Gasteiger partial charge in [0.05, 0.1) is 11.3 Å². The van der Waals surface area contributed by atoms with Crippen LogP contribution in [-0.2, 0) is 7.05 Å². The monoisotopic (exact) mass is 279 g/mol. The van der Waals surface area contributed by atoms with Crippen LogP contribution >= 0.6 is 0 Å². The SMILES string of the molecule is Cn1cc(N)cc1C(=O)NCC1(O)CCC(C)(C)CC1. The number of nitrogen functional groups attached to an aromatic ring is 1. The third kappa shape index (κ3) is 3.33. The van der Waals surface area contributed by atoms with Gasteiger partial charge in [-0.25, -0.2) is 0 Å². The van der Waals surface area contributed by atoms with Gasteiger partial charge in [-0.2, -0.15) is 0 Å². The standard InChI is InChI=1S/C15H25N3O2/c1-14(2)4-6-15(20,7-5-14)10-17-13(19)12-8-11(16)9-18(12)3/h8-9,20H,4-7,10,16H2,1-3H3,(H,17,19). The molecule has 20 heavy (non-hydrogen) atoms. The van der Waals surface area contributed by atoms with Crippen molar-refractivity contribution in [2.24, 2.45) is 12.5 Å². The zero-order valence-corrected chi connectivity index (χ0v) is 12.6. The van der Waals surface area contributed by atoms with Crippen LogP contribution in [0.2, 0.25) is 0 Å². The van der Waals surface area contributed by atoms with Crippen LogP contribution in [0.4, 0.5) is 5.69 Å². The molecule has 0 bridgehead atoms.